The molecule has 4 nitrogen and oxygen atoms in total. The molecule has 112 valence electrons. The molecule has 1 aromatic rings. The highest BCUT2D eigenvalue weighted by atomic mass is 16.5. The fourth-order valence-corrected chi connectivity index (χ4v) is 2.01. The zero-order valence-electron chi connectivity index (χ0n) is 12.3. The monoisotopic (exact) mass is 279 g/mol. The van der Waals surface area contributed by atoms with Gasteiger partial charge in [-0.3, -0.25) is 0 Å². The molecule has 0 aromatic heterocycles. The summed E-state index contributed by atoms with van der Waals surface area (Å²) in [5, 5.41) is 12.5. The van der Waals surface area contributed by atoms with Crippen molar-refractivity contribution in [2.75, 3.05) is 6.61 Å². The second-order valence-corrected chi connectivity index (χ2v) is 4.97. The molecule has 0 radical (unpaired) electrons. The molecule has 1 rings (SSSR count). The Bertz CT molecular complexity index is 379. The quantitative estimate of drug-likeness (QED) is 0.717. The Labute approximate surface area is 121 Å². The number of amides is 1. The van der Waals surface area contributed by atoms with E-state index in [1.165, 1.54) is 0 Å². The molecular formula is C16H25NO3. The summed E-state index contributed by atoms with van der Waals surface area (Å²) in [6.45, 7) is 4.22. The van der Waals surface area contributed by atoms with Gasteiger partial charge in [0.05, 0.1) is 18.8 Å². The maximum atomic E-state index is 11.7. The Morgan fingerprint density at radius 3 is 2.55 bits per heavy atom. The van der Waals surface area contributed by atoms with Gasteiger partial charge in [-0.2, -0.15) is 0 Å². The highest BCUT2D eigenvalue weighted by Gasteiger charge is 2.19. The third kappa shape index (κ3) is 6.06. The molecular weight excluding hydrogens is 254 g/mol. The van der Waals surface area contributed by atoms with Crippen molar-refractivity contribution in [2.24, 2.45) is 0 Å². The second-order valence-electron chi connectivity index (χ2n) is 4.97. The van der Waals surface area contributed by atoms with Crippen molar-refractivity contribution in [1.29, 1.82) is 0 Å². The largest absolute Gasteiger partial charge is 0.450 e. The van der Waals surface area contributed by atoms with Gasteiger partial charge in [0.1, 0.15) is 0 Å². The van der Waals surface area contributed by atoms with Gasteiger partial charge in [-0.1, -0.05) is 56.5 Å². The van der Waals surface area contributed by atoms with E-state index < -0.39 is 18.2 Å². The summed E-state index contributed by atoms with van der Waals surface area (Å²) in [7, 11) is 0. The van der Waals surface area contributed by atoms with Gasteiger partial charge >= 0.3 is 6.09 Å². The van der Waals surface area contributed by atoms with E-state index in [2.05, 4.69) is 12.2 Å². The molecule has 4 heteroatoms. The first-order chi connectivity index (χ1) is 9.65. The number of aliphatic hydroxyl groups excluding tert-OH is 1. The summed E-state index contributed by atoms with van der Waals surface area (Å²) < 4.78 is 5.13. The SMILES string of the molecule is CCCCCCOC(=O)N[C@H](c1ccccc1)[C@H](C)O. The number of benzene rings is 1. The number of unbranched alkanes of at least 4 members (excludes halogenated alkanes) is 3. The fraction of sp³-hybridized carbons (Fsp3) is 0.562. The van der Waals surface area contributed by atoms with Crippen LogP contribution in [-0.2, 0) is 4.74 Å². The number of carbonyl (C=O) groups excluding carboxylic acids is 1. The van der Waals surface area contributed by atoms with Gasteiger partial charge in [0.25, 0.3) is 0 Å². The van der Waals surface area contributed by atoms with Gasteiger partial charge < -0.3 is 15.2 Å². The molecule has 1 aromatic carbocycles. The smallest absolute Gasteiger partial charge is 0.407 e. The van der Waals surface area contributed by atoms with Crippen LogP contribution in [0.4, 0.5) is 4.79 Å². The number of rotatable bonds is 8. The highest BCUT2D eigenvalue weighted by molar-refractivity contribution is 5.68. The van der Waals surface area contributed by atoms with Crippen LogP contribution in [0.25, 0.3) is 0 Å². The lowest BCUT2D eigenvalue weighted by atomic mass is 10.0. The molecule has 0 saturated heterocycles. The summed E-state index contributed by atoms with van der Waals surface area (Å²) in [6, 6.07) is 8.96. The van der Waals surface area contributed by atoms with Crippen LogP contribution in [0.1, 0.15) is 51.1 Å². The van der Waals surface area contributed by atoms with Crippen molar-refractivity contribution in [1.82, 2.24) is 5.32 Å². The van der Waals surface area contributed by atoms with Crippen LogP contribution < -0.4 is 5.32 Å². The third-order valence-electron chi connectivity index (χ3n) is 3.15. The Morgan fingerprint density at radius 2 is 1.95 bits per heavy atom. The summed E-state index contributed by atoms with van der Waals surface area (Å²) in [6.07, 6.45) is 3.12. The molecule has 2 N–H and O–H groups in total. The normalized spacial score (nSPS) is 13.6. The van der Waals surface area contributed by atoms with E-state index >= 15 is 0 Å². The molecule has 0 aliphatic carbocycles. The first-order valence-corrected chi connectivity index (χ1v) is 7.31. The van der Waals surface area contributed by atoms with Gasteiger partial charge in [0.15, 0.2) is 0 Å². The molecule has 0 bridgehead atoms. The van der Waals surface area contributed by atoms with E-state index in [-0.39, 0.29) is 0 Å². The molecule has 0 spiro atoms. The lowest BCUT2D eigenvalue weighted by Crippen LogP contribution is -2.35. The third-order valence-corrected chi connectivity index (χ3v) is 3.15. The summed E-state index contributed by atoms with van der Waals surface area (Å²) in [4.78, 5) is 11.7. The van der Waals surface area contributed by atoms with E-state index in [0.717, 1.165) is 31.2 Å². The average molecular weight is 279 g/mol. The van der Waals surface area contributed by atoms with Crippen LogP contribution in [0.3, 0.4) is 0 Å². The van der Waals surface area contributed by atoms with E-state index in [4.69, 9.17) is 4.74 Å². The van der Waals surface area contributed by atoms with Crippen LogP contribution in [0.15, 0.2) is 30.3 Å². The van der Waals surface area contributed by atoms with Crippen LogP contribution in [-0.4, -0.2) is 23.9 Å². The maximum Gasteiger partial charge on any atom is 0.407 e. The van der Waals surface area contributed by atoms with Gasteiger partial charge in [-0.25, -0.2) is 4.79 Å². The standard InChI is InChI=1S/C16H25NO3/c1-3-4-5-9-12-20-16(19)17-15(13(2)18)14-10-7-6-8-11-14/h6-8,10-11,13,15,18H,3-5,9,12H2,1-2H3,(H,17,19)/t13-,15-/m0/s1. The number of hydrogen-bond acceptors (Lipinski definition) is 3. The maximum absolute atomic E-state index is 11.7. The highest BCUT2D eigenvalue weighted by Crippen LogP contribution is 2.16. The van der Waals surface area contributed by atoms with Crippen LogP contribution >= 0.6 is 0 Å². The number of carbonyl (C=O) groups is 1. The van der Waals surface area contributed by atoms with E-state index in [0.29, 0.717) is 6.61 Å². The minimum atomic E-state index is -0.676. The summed E-state index contributed by atoms with van der Waals surface area (Å²) >= 11 is 0. The van der Waals surface area contributed by atoms with Gasteiger partial charge in [-0.05, 0) is 18.9 Å². The van der Waals surface area contributed by atoms with Gasteiger partial charge in [0.2, 0.25) is 0 Å². The Hall–Kier alpha value is -1.55. The number of nitrogens with one attached hydrogen (secondary N) is 1. The Morgan fingerprint density at radius 1 is 1.25 bits per heavy atom. The molecule has 1 amide bonds. The van der Waals surface area contributed by atoms with Crippen LogP contribution in [0.2, 0.25) is 0 Å². The summed E-state index contributed by atoms with van der Waals surface area (Å²) in [5.74, 6) is 0. The molecule has 0 aliphatic rings. The molecule has 0 heterocycles. The predicted molar refractivity (Wildman–Crippen MR) is 79.5 cm³/mol. The zero-order valence-corrected chi connectivity index (χ0v) is 12.3. The summed E-state index contributed by atoms with van der Waals surface area (Å²) in [5.41, 5.74) is 0.866. The minimum absolute atomic E-state index is 0.424. The fourth-order valence-electron chi connectivity index (χ4n) is 2.01. The number of ether oxygens (including phenoxy) is 1. The Kier molecular flexibility index (Phi) is 7.73. The molecule has 2 atom stereocenters. The molecule has 0 unspecified atom stereocenters. The number of aliphatic hydroxyl groups is 1. The zero-order chi connectivity index (χ0) is 14.8. The molecule has 0 saturated carbocycles. The number of hydrogen-bond donors (Lipinski definition) is 2. The molecule has 20 heavy (non-hydrogen) atoms. The van der Waals surface area contributed by atoms with Crippen molar-refractivity contribution < 1.29 is 14.6 Å². The molecule has 0 aliphatic heterocycles. The van der Waals surface area contributed by atoms with Crippen molar-refractivity contribution in [3.05, 3.63) is 35.9 Å². The van der Waals surface area contributed by atoms with E-state index in [1.807, 2.05) is 30.3 Å². The van der Waals surface area contributed by atoms with Crippen molar-refractivity contribution in [2.45, 2.75) is 51.7 Å². The van der Waals surface area contributed by atoms with Crippen molar-refractivity contribution >= 4 is 6.09 Å². The average Bonchev–Trinajstić information content (AvgIpc) is 2.45. The van der Waals surface area contributed by atoms with Gasteiger partial charge in [0, 0.05) is 0 Å². The Balaban J connectivity index is 2.40. The van der Waals surface area contributed by atoms with Crippen molar-refractivity contribution in [3.63, 3.8) is 0 Å². The second kappa shape index (κ2) is 9.37. The van der Waals surface area contributed by atoms with Crippen molar-refractivity contribution in [3.8, 4) is 0 Å². The van der Waals surface area contributed by atoms with Crippen LogP contribution in [0.5, 0.6) is 0 Å². The van der Waals surface area contributed by atoms with Crippen LogP contribution in [0, 0.1) is 0 Å². The topological polar surface area (TPSA) is 58.6 Å². The first-order valence-electron chi connectivity index (χ1n) is 7.31. The van der Waals surface area contributed by atoms with E-state index in [1.54, 1.807) is 6.92 Å². The van der Waals surface area contributed by atoms with Gasteiger partial charge in [-0.15, -0.1) is 0 Å². The first kappa shape index (κ1) is 16.5. The lowest BCUT2D eigenvalue weighted by molar-refractivity contribution is 0.112. The van der Waals surface area contributed by atoms with E-state index in [9.17, 15) is 9.90 Å². The predicted octanol–water partition coefficient (Wildman–Crippen LogP) is 3.42. The lowest BCUT2D eigenvalue weighted by Gasteiger charge is -2.21. The number of alkyl carbamates (subject to hydrolysis) is 1. The minimum Gasteiger partial charge on any atom is -0.450 e. The molecule has 0 fully saturated rings.